The van der Waals surface area contributed by atoms with Crippen LogP contribution in [-0.2, 0) is 4.74 Å². The lowest BCUT2D eigenvalue weighted by molar-refractivity contribution is -0.214. The van der Waals surface area contributed by atoms with Gasteiger partial charge in [0, 0.05) is 6.61 Å². The topological polar surface area (TPSA) is 9.23 Å². The lowest BCUT2D eigenvalue weighted by Crippen LogP contribution is -2.29. The van der Waals surface area contributed by atoms with Crippen molar-refractivity contribution in [2.75, 3.05) is 6.61 Å². The molecule has 86 valence electrons. The summed E-state index contributed by atoms with van der Waals surface area (Å²) >= 11 is 6.00. The first-order chi connectivity index (χ1) is 6.13. The molecule has 0 rings (SSSR count). The third-order valence-corrected chi connectivity index (χ3v) is 3.85. The van der Waals surface area contributed by atoms with E-state index < -0.39 is 19.7 Å². The predicted octanol–water partition coefficient (Wildman–Crippen LogP) is 3.79. The monoisotopic (exact) mass is 248 g/mol. The fourth-order valence-corrected chi connectivity index (χ4v) is 2.23. The Morgan fingerprint density at radius 3 is 2.21 bits per heavy atom. The van der Waals surface area contributed by atoms with Crippen LogP contribution < -0.4 is 0 Å². The molecular formula is C8H16ClF3OSi. The van der Waals surface area contributed by atoms with Gasteiger partial charge in [0.2, 0.25) is 0 Å². The molecule has 0 aliphatic heterocycles. The van der Waals surface area contributed by atoms with Crippen LogP contribution in [0.4, 0.5) is 13.2 Å². The number of rotatable bonds is 5. The van der Waals surface area contributed by atoms with Crippen LogP contribution in [-0.4, -0.2) is 26.3 Å². The summed E-state index contributed by atoms with van der Waals surface area (Å²) in [6, 6.07) is 0.777. The highest BCUT2D eigenvalue weighted by Gasteiger charge is 2.36. The molecule has 0 aliphatic carbocycles. The first kappa shape index (κ1) is 14.3. The summed E-state index contributed by atoms with van der Waals surface area (Å²) in [6.07, 6.45) is -5.33. The minimum atomic E-state index is -4.26. The highest BCUT2D eigenvalue weighted by Crippen LogP contribution is 2.23. The molecule has 0 aromatic heterocycles. The Labute approximate surface area is 88.3 Å². The van der Waals surface area contributed by atoms with Gasteiger partial charge in [-0.05, 0) is 19.4 Å². The molecule has 0 spiro atoms. The van der Waals surface area contributed by atoms with Crippen molar-refractivity contribution in [1.82, 2.24) is 0 Å². The van der Waals surface area contributed by atoms with E-state index in [0.29, 0.717) is 6.42 Å². The lowest BCUT2D eigenvalue weighted by atomic mass is 10.4. The molecule has 0 aliphatic rings. The van der Waals surface area contributed by atoms with Crippen molar-refractivity contribution >= 4 is 18.5 Å². The van der Waals surface area contributed by atoms with Crippen LogP contribution in [0.1, 0.15) is 13.3 Å². The summed E-state index contributed by atoms with van der Waals surface area (Å²) in [4.78, 5) is 0. The maximum absolute atomic E-state index is 12.0. The Morgan fingerprint density at radius 1 is 1.36 bits per heavy atom. The van der Waals surface area contributed by atoms with E-state index >= 15 is 0 Å². The van der Waals surface area contributed by atoms with Crippen molar-refractivity contribution in [3.05, 3.63) is 0 Å². The Hall–Kier alpha value is 0.257. The zero-order valence-electron chi connectivity index (χ0n) is 8.62. The first-order valence-electron chi connectivity index (χ1n) is 4.50. The SMILES string of the molecule is CC(OCCC[Si](C)(C)Cl)C(F)(F)F. The van der Waals surface area contributed by atoms with Crippen molar-refractivity contribution in [2.24, 2.45) is 0 Å². The van der Waals surface area contributed by atoms with E-state index in [1.165, 1.54) is 0 Å². The van der Waals surface area contributed by atoms with E-state index in [0.717, 1.165) is 13.0 Å². The lowest BCUT2D eigenvalue weighted by Gasteiger charge is -2.17. The van der Waals surface area contributed by atoms with Crippen molar-refractivity contribution in [3.63, 3.8) is 0 Å². The van der Waals surface area contributed by atoms with Gasteiger partial charge < -0.3 is 4.74 Å². The maximum atomic E-state index is 12.0. The van der Waals surface area contributed by atoms with Crippen molar-refractivity contribution < 1.29 is 17.9 Å². The minimum absolute atomic E-state index is 0.129. The van der Waals surface area contributed by atoms with Crippen molar-refractivity contribution in [3.8, 4) is 0 Å². The molecule has 0 saturated carbocycles. The number of hydrogen-bond acceptors (Lipinski definition) is 1. The summed E-state index contributed by atoms with van der Waals surface area (Å²) in [5.41, 5.74) is 0. The Morgan fingerprint density at radius 2 is 1.86 bits per heavy atom. The van der Waals surface area contributed by atoms with Crippen LogP contribution in [0.15, 0.2) is 0 Å². The zero-order chi connectivity index (χ0) is 11.4. The molecule has 1 nitrogen and oxygen atoms in total. The number of alkyl halides is 3. The molecule has 0 aromatic rings. The van der Waals surface area contributed by atoms with Gasteiger partial charge in [-0.1, -0.05) is 13.1 Å². The molecule has 0 heterocycles. The Kier molecular flexibility index (Phi) is 5.47. The van der Waals surface area contributed by atoms with Gasteiger partial charge in [-0.15, -0.1) is 0 Å². The van der Waals surface area contributed by atoms with Crippen LogP contribution in [0.25, 0.3) is 0 Å². The van der Waals surface area contributed by atoms with Crippen molar-refractivity contribution in [2.45, 2.75) is 44.8 Å². The van der Waals surface area contributed by atoms with Crippen LogP contribution in [0.5, 0.6) is 0 Å². The van der Waals surface area contributed by atoms with E-state index in [1.807, 2.05) is 13.1 Å². The largest absolute Gasteiger partial charge is 0.414 e. The van der Waals surface area contributed by atoms with Gasteiger partial charge in [-0.2, -0.15) is 24.3 Å². The van der Waals surface area contributed by atoms with Crippen LogP contribution >= 0.6 is 11.1 Å². The van der Waals surface area contributed by atoms with Crippen molar-refractivity contribution in [1.29, 1.82) is 0 Å². The molecule has 1 unspecified atom stereocenters. The number of halogens is 4. The second-order valence-electron chi connectivity index (χ2n) is 3.88. The van der Waals surface area contributed by atoms with E-state index in [1.54, 1.807) is 0 Å². The second-order valence-corrected chi connectivity index (χ2v) is 10.9. The van der Waals surface area contributed by atoms with E-state index in [2.05, 4.69) is 4.74 Å². The van der Waals surface area contributed by atoms with Gasteiger partial charge in [-0.3, -0.25) is 0 Å². The van der Waals surface area contributed by atoms with Crippen LogP contribution in [0, 0.1) is 0 Å². The average Bonchev–Trinajstić information content (AvgIpc) is 1.93. The quantitative estimate of drug-likeness (QED) is 0.409. The third kappa shape index (κ3) is 7.64. The number of ether oxygens (including phenoxy) is 1. The average molecular weight is 249 g/mol. The summed E-state index contributed by atoms with van der Waals surface area (Å²) in [5, 5.41) is 0. The smallest absolute Gasteiger partial charge is 0.369 e. The van der Waals surface area contributed by atoms with Gasteiger partial charge >= 0.3 is 6.18 Å². The number of hydrogen-bond donors (Lipinski definition) is 0. The fourth-order valence-electron chi connectivity index (χ4n) is 0.847. The van der Waals surface area contributed by atoms with Crippen LogP contribution in [0.3, 0.4) is 0 Å². The van der Waals surface area contributed by atoms with Gasteiger partial charge in [-0.25, -0.2) is 0 Å². The highest BCUT2D eigenvalue weighted by atomic mass is 35.6. The second kappa shape index (κ2) is 5.37. The molecule has 0 aromatic carbocycles. The predicted molar refractivity (Wildman–Crippen MR) is 54.2 cm³/mol. The van der Waals surface area contributed by atoms with E-state index in [4.69, 9.17) is 11.1 Å². The molecule has 0 amide bonds. The van der Waals surface area contributed by atoms with Gasteiger partial charge in [0.25, 0.3) is 0 Å². The molecule has 1 atom stereocenters. The summed E-state index contributed by atoms with van der Waals surface area (Å²) < 4.78 is 40.5. The normalized spacial score (nSPS) is 15.6. The van der Waals surface area contributed by atoms with Crippen LogP contribution in [0.2, 0.25) is 19.1 Å². The Balaban J connectivity index is 3.56. The summed E-state index contributed by atoms with van der Waals surface area (Å²) in [5.74, 6) is 0. The fraction of sp³-hybridized carbons (Fsp3) is 1.00. The van der Waals surface area contributed by atoms with Gasteiger partial charge in [0.05, 0.1) is 0 Å². The van der Waals surface area contributed by atoms with E-state index in [-0.39, 0.29) is 6.61 Å². The molecule has 0 bridgehead atoms. The Bertz CT molecular complexity index is 167. The molecule has 0 saturated heterocycles. The first-order valence-corrected chi connectivity index (χ1v) is 8.72. The van der Waals surface area contributed by atoms with Gasteiger partial charge in [0.1, 0.15) is 0 Å². The summed E-state index contributed by atoms with van der Waals surface area (Å²) in [7, 11) is -1.66. The molecule has 0 fully saturated rings. The molecule has 0 N–H and O–H groups in total. The highest BCUT2D eigenvalue weighted by molar-refractivity contribution is 7.19. The molecular weight excluding hydrogens is 233 g/mol. The maximum Gasteiger partial charge on any atom is 0.414 e. The third-order valence-electron chi connectivity index (χ3n) is 1.74. The standard InChI is InChI=1S/C8H16ClF3OSi/c1-7(8(10,11)12)13-5-4-6-14(2,3)9/h7H,4-6H2,1-3H3. The zero-order valence-corrected chi connectivity index (χ0v) is 10.4. The van der Waals surface area contributed by atoms with Gasteiger partial charge in [0.15, 0.2) is 13.5 Å². The van der Waals surface area contributed by atoms with E-state index in [9.17, 15) is 13.2 Å². The molecule has 6 heteroatoms. The molecule has 0 radical (unpaired) electrons. The summed E-state index contributed by atoms with van der Waals surface area (Å²) in [6.45, 7) is 5.07. The molecule has 14 heavy (non-hydrogen) atoms. The minimum Gasteiger partial charge on any atom is -0.369 e.